The average molecular weight is 465 g/mol. The summed E-state index contributed by atoms with van der Waals surface area (Å²) in [7, 11) is 0. The molecule has 0 bridgehead atoms. The van der Waals surface area contributed by atoms with Crippen LogP contribution in [0.2, 0.25) is 0 Å². The number of hydrogen-bond donors (Lipinski definition) is 1. The molecule has 0 unspecified atom stereocenters. The minimum absolute atomic E-state index is 0.134. The van der Waals surface area contributed by atoms with Gasteiger partial charge >= 0.3 is 5.63 Å². The molecular formula is C21H13BrN4O2S. The van der Waals surface area contributed by atoms with E-state index in [0.717, 1.165) is 21.1 Å². The summed E-state index contributed by atoms with van der Waals surface area (Å²) in [6, 6.07) is 16.8. The van der Waals surface area contributed by atoms with Crippen LogP contribution in [0.15, 0.2) is 72.7 Å². The molecule has 2 aromatic heterocycles. The van der Waals surface area contributed by atoms with Crippen molar-refractivity contribution in [2.75, 3.05) is 5.43 Å². The van der Waals surface area contributed by atoms with Crippen molar-refractivity contribution in [3.63, 3.8) is 0 Å². The molecule has 0 fully saturated rings. The Morgan fingerprint density at radius 2 is 2.03 bits per heavy atom. The molecule has 4 aromatic rings. The quantitative estimate of drug-likeness (QED) is 0.250. The highest BCUT2D eigenvalue weighted by Crippen LogP contribution is 2.25. The molecule has 0 amide bonds. The normalized spacial score (nSPS) is 11.4. The first-order chi connectivity index (χ1) is 14.0. The van der Waals surface area contributed by atoms with Gasteiger partial charge in [-0.3, -0.25) is 5.43 Å². The van der Waals surface area contributed by atoms with Crippen LogP contribution in [-0.4, -0.2) is 10.7 Å². The number of nitrogens with one attached hydrogen (secondary N) is 1. The van der Waals surface area contributed by atoms with E-state index < -0.39 is 5.63 Å². The minimum Gasteiger partial charge on any atom is -0.422 e. The number of aromatic nitrogens is 1. The molecular weight excluding hydrogens is 452 g/mol. The average Bonchev–Trinajstić information content (AvgIpc) is 3.19. The van der Waals surface area contributed by atoms with Gasteiger partial charge in [-0.05, 0) is 43.3 Å². The van der Waals surface area contributed by atoms with Crippen LogP contribution in [0.1, 0.15) is 10.6 Å². The maximum Gasteiger partial charge on any atom is 0.345 e. The van der Waals surface area contributed by atoms with Gasteiger partial charge in [0.1, 0.15) is 11.7 Å². The van der Waals surface area contributed by atoms with Crippen molar-refractivity contribution in [3.05, 3.63) is 79.4 Å². The zero-order chi connectivity index (χ0) is 20.4. The molecule has 1 N–H and O–H groups in total. The molecule has 0 aliphatic heterocycles. The predicted molar refractivity (Wildman–Crippen MR) is 118 cm³/mol. The summed E-state index contributed by atoms with van der Waals surface area (Å²) in [5, 5.41) is 16.5. The zero-order valence-electron chi connectivity index (χ0n) is 15.1. The van der Waals surface area contributed by atoms with Crippen LogP contribution >= 0.6 is 27.3 Å². The first kappa shape index (κ1) is 19.1. The molecule has 8 heteroatoms. The second-order valence-electron chi connectivity index (χ2n) is 6.22. The van der Waals surface area contributed by atoms with Crippen LogP contribution in [0.25, 0.3) is 22.2 Å². The summed E-state index contributed by atoms with van der Waals surface area (Å²) in [5.74, 6) is 0. The maximum absolute atomic E-state index is 12.4. The van der Waals surface area contributed by atoms with Crippen molar-refractivity contribution in [1.82, 2.24) is 4.98 Å². The fourth-order valence-electron chi connectivity index (χ4n) is 2.65. The van der Waals surface area contributed by atoms with Gasteiger partial charge < -0.3 is 4.42 Å². The lowest BCUT2D eigenvalue weighted by atomic mass is 10.1. The Labute approximate surface area is 178 Å². The summed E-state index contributed by atoms with van der Waals surface area (Å²) in [6.45, 7) is 1.99. The van der Waals surface area contributed by atoms with Crippen molar-refractivity contribution in [2.45, 2.75) is 6.92 Å². The Kier molecular flexibility index (Phi) is 5.25. The van der Waals surface area contributed by atoms with E-state index in [2.05, 4.69) is 31.4 Å². The molecule has 0 aliphatic rings. The van der Waals surface area contributed by atoms with Crippen molar-refractivity contribution in [3.8, 4) is 17.3 Å². The number of halogens is 1. The Balaban J connectivity index is 1.66. The van der Waals surface area contributed by atoms with E-state index in [9.17, 15) is 10.1 Å². The van der Waals surface area contributed by atoms with Gasteiger partial charge in [-0.25, -0.2) is 9.78 Å². The minimum atomic E-state index is -0.482. The highest BCUT2D eigenvalue weighted by atomic mass is 79.9. The first-order valence-corrected chi connectivity index (χ1v) is 10.2. The van der Waals surface area contributed by atoms with Crippen molar-refractivity contribution in [2.24, 2.45) is 5.10 Å². The fraction of sp³-hybridized carbons (Fsp3) is 0.0476. The van der Waals surface area contributed by atoms with E-state index >= 15 is 0 Å². The number of nitriles is 1. The van der Waals surface area contributed by atoms with Gasteiger partial charge in [0, 0.05) is 15.2 Å². The summed E-state index contributed by atoms with van der Waals surface area (Å²) >= 11 is 4.65. The van der Waals surface area contributed by atoms with E-state index in [-0.39, 0.29) is 5.71 Å². The van der Waals surface area contributed by atoms with Crippen LogP contribution in [0.4, 0.5) is 5.69 Å². The Bertz CT molecular complexity index is 1330. The summed E-state index contributed by atoms with van der Waals surface area (Å²) < 4.78 is 6.27. The SMILES string of the molecule is Cc1ccc(NN=C(C#N)c2nc(-c3cc4cc(Br)ccc4oc3=O)cs2)cc1. The molecule has 0 saturated heterocycles. The van der Waals surface area contributed by atoms with E-state index in [1.165, 1.54) is 11.3 Å². The van der Waals surface area contributed by atoms with Gasteiger partial charge in [-0.15, -0.1) is 11.3 Å². The van der Waals surface area contributed by atoms with Crippen molar-refractivity contribution < 1.29 is 4.42 Å². The molecule has 0 radical (unpaired) electrons. The number of hydrogen-bond acceptors (Lipinski definition) is 7. The van der Waals surface area contributed by atoms with Crippen LogP contribution in [0, 0.1) is 18.3 Å². The molecule has 6 nitrogen and oxygen atoms in total. The van der Waals surface area contributed by atoms with Gasteiger partial charge in [-0.1, -0.05) is 33.6 Å². The fourth-order valence-corrected chi connectivity index (χ4v) is 3.78. The van der Waals surface area contributed by atoms with Crippen LogP contribution < -0.4 is 11.1 Å². The zero-order valence-corrected chi connectivity index (χ0v) is 17.5. The second kappa shape index (κ2) is 7.99. The smallest absolute Gasteiger partial charge is 0.345 e. The molecule has 0 aliphatic carbocycles. The monoisotopic (exact) mass is 464 g/mol. The van der Waals surface area contributed by atoms with Crippen LogP contribution in [0.5, 0.6) is 0 Å². The highest BCUT2D eigenvalue weighted by molar-refractivity contribution is 9.10. The highest BCUT2D eigenvalue weighted by Gasteiger charge is 2.15. The Morgan fingerprint density at radius 1 is 1.24 bits per heavy atom. The maximum atomic E-state index is 12.4. The number of hydrazone groups is 1. The first-order valence-electron chi connectivity index (χ1n) is 8.53. The van der Waals surface area contributed by atoms with Crippen molar-refractivity contribution in [1.29, 1.82) is 5.26 Å². The lowest BCUT2D eigenvalue weighted by molar-refractivity contribution is 0.563. The third-order valence-corrected chi connectivity index (χ3v) is 5.47. The Morgan fingerprint density at radius 3 is 2.79 bits per heavy atom. The molecule has 142 valence electrons. The van der Waals surface area contributed by atoms with Gasteiger partial charge in [0.2, 0.25) is 0 Å². The summed E-state index contributed by atoms with van der Waals surface area (Å²) in [4.78, 5) is 16.8. The number of anilines is 1. The largest absolute Gasteiger partial charge is 0.422 e. The molecule has 0 spiro atoms. The third kappa shape index (κ3) is 4.11. The van der Waals surface area contributed by atoms with Gasteiger partial charge in [0.15, 0.2) is 10.7 Å². The lowest BCUT2D eigenvalue weighted by Crippen LogP contribution is -2.04. The van der Waals surface area contributed by atoms with Crippen LogP contribution in [0.3, 0.4) is 0 Å². The summed E-state index contributed by atoms with van der Waals surface area (Å²) in [5.41, 5.74) is 5.68. The molecule has 2 aromatic carbocycles. The number of thiazole rings is 1. The number of nitrogens with zero attached hydrogens (tertiary/aromatic N) is 3. The molecule has 2 heterocycles. The number of rotatable bonds is 4. The lowest BCUT2D eigenvalue weighted by Gasteiger charge is -2.01. The van der Waals surface area contributed by atoms with E-state index in [4.69, 9.17) is 4.42 Å². The molecule has 0 atom stereocenters. The van der Waals surface area contributed by atoms with Gasteiger partial charge in [0.05, 0.1) is 16.9 Å². The van der Waals surface area contributed by atoms with Crippen LogP contribution in [-0.2, 0) is 0 Å². The van der Waals surface area contributed by atoms with Gasteiger partial charge in [-0.2, -0.15) is 10.4 Å². The Hall–Kier alpha value is -3.28. The number of benzene rings is 2. The van der Waals surface area contributed by atoms with Crippen molar-refractivity contribution >= 4 is 49.6 Å². The molecule has 4 rings (SSSR count). The second-order valence-corrected chi connectivity index (χ2v) is 7.99. The van der Waals surface area contributed by atoms with E-state index in [1.54, 1.807) is 17.5 Å². The van der Waals surface area contributed by atoms with Gasteiger partial charge in [0.25, 0.3) is 0 Å². The van der Waals surface area contributed by atoms with E-state index in [1.807, 2.05) is 49.4 Å². The van der Waals surface area contributed by atoms with E-state index in [0.29, 0.717) is 21.8 Å². The number of fused-ring (bicyclic) bond motifs is 1. The predicted octanol–water partition coefficient (Wildman–Crippen LogP) is 5.33. The molecule has 29 heavy (non-hydrogen) atoms. The third-order valence-electron chi connectivity index (χ3n) is 4.13. The number of aryl methyl sites for hydroxylation is 1. The standard InChI is InChI=1S/C21H13BrN4O2S/c1-12-2-5-15(6-3-12)25-26-17(10-23)20-24-18(11-29-20)16-9-13-8-14(22)4-7-19(13)28-21(16)27/h2-9,11,25H,1H3. The topological polar surface area (TPSA) is 91.3 Å². The molecule has 0 saturated carbocycles. The summed E-state index contributed by atoms with van der Waals surface area (Å²) in [6.07, 6.45) is 0.